The minimum atomic E-state index is -2.51. The van der Waals surface area contributed by atoms with Crippen LogP contribution in [-0.4, -0.2) is 31.2 Å². The molecule has 9 heteroatoms. The Hall–Kier alpha value is -2.44. The average molecular weight is 465 g/mol. The molecule has 2 atom stereocenters. The van der Waals surface area contributed by atoms with Gasteiger partial charge in [-0.3, -0.25) is 4.79 Å². The van der Waals surface area contributed by atoms with Gasteiger partial charge in [-0.1, -0.05) is 11.6 Å². The van der Waals surface area contributed by atoms with E-state index >= 15 is 0 Å². The predicted molar refractivity (Wildman–Crippen MR) is 121 cm³/mol. The van der Waals surface area contributed by atoms with Crippen LogP contribution < -0.4 is 14.8 Å². The Morgan fingerprint density at radius 1 is 1.23 bits per heavy atom. The minimum absolute atomic E-state index is 0.180. The van der Waals surface area contributed by atoms with Crippen molar-refractivity contribution in [3.8, 4) is 11.5 Å². The van der Waals surface area contributed by atoms with Gasteiger partial charge in [0.15, 0.2) is 6.16 Å². The number of carbonyl (C=O) groups excluding carboxylic acids is 1. The molecule has 0 spiro atoms. The normalized spacial score (nSPS) is 12.7. The summed E-state index contributed by atoms with van der Waals surface area (Å²) in [5, 5.41) is 5.90. The first kappa shape index (κ1) is 22.2. The van der Waals surface area contributed by atoms with Gasteiger partial charge in [0.05, 0.1) is 14.2 Å². The first-order chi connectivity index (χ1) is 14.4. The Morgan fingerprint density at radius 2 is 1.93 bits per heavy atom. The van der Waals surface area contributed by atoms with Crippen molar-refractivity contribution in [2.45, 2.75) is 5.92 Å². The fourth-order valence-corrected chi connectivity index (χ4v) is 4.86. The molecule has 0 bridgehead atoms. The first-order valence-electron chi connectivity index (χ1n) is 8.91. The molecule has 2 aromatic carbocycles. The fraction of sp³-hybridized carbons (Fsp3) is 0.190. The Kier molecular flexibility index (Phi) is 7.45. The zero-order valence-corrected chi connectivity index (χ0v) is 18.8. The molecule has 0 radical (unpaired) electrons. The Labute approximate surface area is 184 Å². The number of halogens is 1. The molecular formula is C21H20ClNO5PS+. The fourth-order valence-electron chi connectivity index (χ4n) is 3.02. The van der Waals surface area contributed by atoms with Crippen molar-refractivity contribution >= 4 is 53.0 Å². The molecular weight excluding hydrogens is 445 g/mol. The highest BCUT2D eigenvalue weighted by molar-refractivity contribution is 7.38. The lowest BCUT2D eigenvalue weighted by Crippen LogP contribution is -2.26. The highest BCUT2D eigenvalue weighted by Crippen LogP contribution is 2.36. The number of hydrogen-bond donors (Lipinski definition) is 2. The topological polar surface area (TPSA) is 84.9 Å². The first-order valence-corrected chi connectivity index (χ1v) is 11.6. The standard InChI is InChI=1S/C21H19ClNO5PS/c1-27-15-7-13(8-16(10-15)28-2)5-6-23-21(24)18(11-29(25)26)19-12-30-20-4-3-14(22)9-17(19)20/h3-10,12,18H,11H2,1-2H3,(H-,23,24,25,26)/p+1/b6-5+. The molecule has 156 valence electrons. The number of fused-ring (bicyclic) bond motifs is 1. The van der Waals surface area contributed by atoms with Crippen molar-refractivity contribution in [3.63, 3.8) is 0 Å². The van der Waals surface area contributed by atoms with E-state index in [4.69, 9.17) is 21.1 Å². The highest BCUT2D eigenvalue weighted by Gasteiger charge is 2.31. The number of thiophene rings is 1. The maximum Gasteiger partial charge on any atom is 0.506 e. The van der Waals surface area contributed by atoms with Crippen LogP contribution in [0.25, 0.3) is 16.2 Å². The van der Waals surface area contributed by atoms with E-state index in [1.165, 1.54) is 17.5 Å². The lowest BCUT2D eigenvalue weighted by Gasteiger charge is -2.10. The molecule has 1 aromatic heterocycles. The quantitative estimate of drug-likeness (QED) is 0.449. The second-order valence-electron chi connectivity index (χ2n) is 6.41. The van der Waals surface area contributed by atoms with Gasteiger partial charge in [-0.25, -0.2) is 0 Å². The molecule has 0 saturated heterocycles. The zero-order chi connectivity index (χ0) is 21.7. The molecule has 6 nitrogen and oxygen atoms in total. The number of rotatable bonds is 8. The summed E-state index contributed by atoms with van der Waals surface area (Å²) in [5.74, 6) is 0.0858. The van der Waals surface area contributed by atoms with E-state index in [-0.39, 0.29) is 12.1 Å². The zero-order valence-electron chi connectivity index (χ0n) is 16.3. The van der Waals surface area contributed by atoms with Gasteiger partial charge in [0.1, 0.15) is 17.4 Å². The molecule has 1 amide bonds. The van der Waals surface area contributed by atoms with Gasteiger partial charge >= 0.3 is 8.03 Å². The predicted octanol–water partition coefficient (Wildman–Crippen LogP) is 5.18. The van der Waals surface area contributed by atoms with Crippen molar-refractivity contribution in [2.24, 2.45) is 0 Å². The van der Waals surface area contributed by atoms with Crippen molar-refractivity contribution in [3.05, 3.63) is 64.1 Å². The van der Waals surface area contributed by atoms with Crippen LogP contribution in [0.1, 0.15) is 17.0 Å². The van der Waals surface area contributed by atoms with E-state index in [1.807, 2.05) is 11.4 Å². The molecule has 2 N–H and O–H groups in total. The number of nitrogens with one attached hydrogen (secondary N) is 1. The van der Waals surface area contributed by atoms with Gasteiger partial charge in [-0.05, 0) is 62.9 Å². The number of hydrogen-bond acceptors (Lipinski definition) is 5. The summed E-state index contributed by atoms with van der Waals surface area (Å²) in [5.41, 5.74) is 1.45. The summed E-state index contributed by atoms with van der Waals surface area (Å²) in [7, 11) is 0.607. The van der Waals surface area contributed by atoms with Crippen LogP contribution in [0.2, 0.25) is 5.02 Å². The van der Waals surface area contributed by atoms with Gasteiger partial charge < -0.3 is 14.8 Å². The van der Waals surface area contributed by atoms with Crippen LogP contribution in [0.15, 0.2) is 48.0 Å². The average Bonchev–Trinajstić information content (AvgIpc) is 3.14. The van der Waals surface area contributed by atoms with E-state index in [0.29, 0.717) is 22.1 Å². The summed E-state index contributed by atoms with van der Waals surface area (Å²) in [6.45, 7) is 0. The van der Waals surface area contributed by atoms with Crippen LogP contribution in [-0.2, 0) is 9.36 Å². The van der Waals surface area contributed by atoms with Crippen LogP contribution in [0.3, 0.4) is 0 Å². The molecule has 3 aromatic rings. The lowest BCUT2D eigenvalue weighted by atomic mass is 9.99. The Bertz CT molecular complexity index is 1090. The molecule has 0 aliphatic rings. The van der Waals surface area contributed by atoms with Crippen molar-refractivity contribution in [2.75, 3.05) is 20.4 Å². The molecule has 0 saturated carbocycles. The SMILES string of the molecule is COc1cc(/C=C/NC(=O)C(C[P+](=O)O)c2csc3ccc(Cl)cc23)cc(OC)c1. The van der Waals surface area contributed by atoms with Crippen molar-refractivity contribution in [1.29, 1.82) is 0 Å². The molecule has 3 rings (SSSR count). The molecule has 0 aliphatic heterocycles. The Balaban J connectivity index is 1.83. The van der Waals surface area contributed by atoms with Crippen molar-refractivity contribution in [1.82, 2.24) is 5.32 Å². The molecule has 0 fully saturated rings. The van der Waals surface area contributed by atoms with Crippen LogP contribution in [0, 0.1) is 0 Å². The Morgan fingerprint density at radius 3 is 2.57 bits per heavy atom. The number of ether oxygens (including phenoxy) is 2. The smallest absolute Gasteiger partial charge is 0.497 e. The van der Waals surface area contributed by atoms with E-state index in [0.717, 1.165) is 15.6 Å². The van der Waals surface area contributed by atoms with Gasteiger partial charge in [0.25, 0.3) is 0 Å². The second kappa shape index (κ2) is 10.0. The maximum absolute atomic E-state index is 12.9. The number of benzene rings is 2. The van der Waals surface area contributed by atoms with E-state index in [2.05, 4.69) is 5.32 Å². The van der Waals surface area contributed by atoms with E-state index in [1.54, 1.807) is 50.6 Å². The van der Waals surface area contributed by atoms with Crippen LogP contribution in [0.4, 0.5) is 0 Å². The summed E-state index contributed by atoms with van der Waals surface area (Å²) < 4.78 is 23.0. The third-order valence-corrected chi connectivity index (χ3v) is 6.37. The second-order valence-corrected chi connectivity index (χ2v) is 8.82. The van der Waals surface area contributed by atoms with Gasteiger partial charge in [-0.15, -0.1) is 11.3 Å². The summed E-state index contributed by atoms with van der Waals surface area (Å²) in [6.07, 6.45) is 3.01. The third kappa shape index (κ3) is 5.37. The van der Waals surface area contributed by atoms with Gasteiger partial charge in [0, 0.05) is 22.0 Å². The molecule has 30 heavy (non-hydrogen) atoms. The number of methoxy groups -OCH3 is 2. The maximum atomic E-state index is 12.9. The monoisotopic (exact) mass is 464 g/mol. The minimum Gasteiger partial charge on any atom is -0.497 e. The molecule has 2 unspecified atom stereocenters. The summed E-state index contributed by atoms with van der Waals surface area (Å²) in [6, 6.07) is 10.7. The highest BCUT2D eigenvalue weighted by atomic mass is 35.5. The number of carbonyl (C=O) groups is 1. The van der Waals surface area contributed by atoms with E-state index in [9.17, 15) is 14.3 Å². The van der Waals surface area contributed by atoms with Crippen molar-refractivity contribution < 1.29 is 23.7 Å². The number of amides is 1. The van der Waals surface area contributed by atoms with Crippen LogP contribution in [0.5, 0.6) is 11.5 Å². The van der Waals surface area contributed by atoms with Gasteiger partial charge in [-0.2, -0.15) is 4.89 Å². The van der Waals surface area contributed by atoms with E-state index < -0.39 is 13.9 Å². The van der Waals surface area contributed by atoms with Gasteiger partial charge in [0.2, 0.25) is 5.91 Å². The molecule has 0 aliphatic carbocycles. The van der Waals surface area contributed by atoms with Crippen LogP contribution >= 0.6 is 31.0 Å². The lowest BCUT2D eigenvalue weighted by molar-refractivity contribution is -0.121. The molecule has 1 heterocycles. The third-order valence-electron chi connectivity index (χ3n) is 4.47. The largest absolute Gasteiger partial charge is 0.506 e. The summed E-state index contributed by atoms with van der Waals surface area (Å²) >= 11 is 7.57. The summed E-state index contributed by atoms with van der Waals surface area (Å²) in [4.78, 5) is 22.3.